The van der Waals surface area contributed by atoms with Crippen LogP contribution in [0.5, 0.6) is 0 Å². The molecule has 0 aliphatic rings. The fraction of sp³-hybridized carbons (Fsp3) is 0.429. The topological polar surface area (TPSA) is 70.1 Å². The summed E-state index contributed by atoms with van der Waals surface area (Å²) < 4.78 is 7.13. The normalized spacial score (nSPS) is 11.1. The summed E-state index contributed by atoms with van der Waals surface area (Å²) in [5, 5.41) is 0.809. The van der Waals surface area contributed by atoms with E-state index in [0.717, 1.165) is 15.6 Å². The molecule has 0 radical (unpaired) electrons. The van der Waals surface area contributed by atoms with Crippen molar-refractivity contribution in [2.75, 3.05) is 5.73 Å². The highest BCUT2D eigenvalue weighted by Gasteiger charge is 2.17. The van der Waals surface area contributed by atoms with Crippen molar-refractivity contribution in [3.63, 3.8) is 0 Å². The predicted molar refractivity (Wildman–Crippen MR) is 79.9 cm³/mol. The van der Waals surface area contributed by atoms with E-state index < -0.39 is 0 Å². The van der Waals surface area contributed by atoms with Gasteiger partial charge in [-0.15, -0.1) is 11.3 Å². The van der Waals surface area contributed by atoms with Crippen LogP contribution in [0.25, 0.3) is 0 Å². The molecule has 0 unspecified atom stereocenters. The maximum absolute atomic E-state index is 12.1. The largest absolute Gasteiger partial charge is 0.454 e. The molecular formula is C14H19N3O2S. The first-order chi connectivity index (χ1) is 9.38. The number of hydrogen-bond donors (Lipinski definition) is 1. The molecule has 0 amide bonds. The molecule has 0 spiro atoms. The summed E-state index contributed by atoms with van der Waals surface area (Å²) in [5.41, 5.74) is 7.77. The molecule has 0 atom stereocenters. The number of ether oxygens (including phenoxy) is 1. The van der Waals surface area contributed by atoms with E-state index in [1.165, 1.54) is 0 Å². The number of nitrogens with two attached hydrogens (primary N) is 1. The summed E-state index contributed by atoms with van der Waals surface area (Å²) in [6, 6.07) is 1.79. The zero-order valence-corrected chi connectivity index (χ0v) is 13.0. The van der Waals surface area contributed by atoms with Gasteiger partial charge < -0.3 is 15.0 Å². The lowest BCUT2D eigenvalue weighted by Crippen LogP contribution is -2.13. The van der Waals surface area contributed by atoms with Crippen molar-refractivity contribution >= 4 is 23.0 Å². The number of nitrogen functional groups attached to an aromatic ring is 1. The Balaban J connectivity index is 2.09. The highest BCUT2D eigenvalue weighted by molar-refractivity contribution is 7.11. The van der Waals surface area contributed by atoms with Crippen LogP contribution in [0, 0.1) is 13.8 Å². The molecule has 2 rings (SSSR count). The number of carbonyl (C=O) groups excluding carboxylic acids is 1. The Morgan fingerprint density at radius 1 is 1.50 bits per heavy atom. The number of rotatable bonds is 4. The van der Waals surface area contributed by atoms with E-state index in [2.05, 4.69) is 4.98 Å². The number of nitrogens with zero attached hydrogens (tertiary/aromatic N) is 2. The summed E-state index contributed by atoms with van der Waals surface area (Å²) in [7, 11) is 0. The number of aryl methyl sites for hydroxylation is 2. The second-order valence-electron chi connectivity index (χ2n) is 4.99. The molecule has 2 heterocycles. The molecule has 0 fully saturated rings. The molecule has 20 heavy (non-hydrogen) atoms. The minimum absolute atomic E-state index is 0.152. The average molecular weight is 293 g/mol. The van der Waals surface area contributed by atoms with E-state index in [1.54, 1.807) is 23.6 Å². The second kappa shape index (κ2) is 5.66. The van der Waals surface area contributed by atoms with Crippen LogP contribution in [-0.4, -0.2) is 15.5 Å². The Kier molecular flexibility index (Phi) is 4.13. The summed E-state index contributed by atoms with van der Waals surface area (Å²) in [6.07, 6.45) is 1.75. The molecule has 0 aliphatic carbocycles. The van der Waals surface area contributed by atoms with Gasteiger partial charge in [-0.1, -0.05) is 0 Å². The quantitative estimate of drug-likeness (QED) is 0.879. The van der Waals surface area contributed by atoms with Crippen molar-refractivity contribution in [2.24, 2.45) is 0 Å². The molecular weight excluding hydrogens is 274 g/mol. The smallest absolute Gasteiger partial charge is 0.355 e. The number of hydrogen-bond acceptors (Lipinski definition) is 5. The van der Waals surface area contributed by atoms with Crippen molar-refractivity contribution in [1.29, 1.82) is 0 Å². The van der Waals surface area contributed by atoms with Crippen LogP contribution in [0.15, 0.2) is 12.3 Å². The van der Waals surface area contributed by atoms with Crippen molar-refractivity contribution in [3.8, 4) is 0 Å². The van der Waals surface area contributed by atoms with Crippen LogP contribution in [0.1, 0.15) is 46.0 Å². The molecule has 0 bridgehead atoms. The fourth-order valence-electron chi connectivity index (χ4n) is 1.89. The first-order valence-electron chi connectivity index (χ1n) is 6.46. The van der Waals surface area contributed by atoms with E-state index in [1.807, 2.05) is 32.3 Å². The maximum Gasteiger partial charge on any atom is 0.355 e. The minimum Gasteiger partial charge on any atom is -0.454 e. The van der Waals surface area contributed by atoms with E-state index in [9.17, 15) is 4.79 Å². The van der Waals surface area contributed by atoms with Gasteiger partial charge in [0.15, 0.2) is 0 Å². The van der Waals surface area contributed by atoms with Crippen LogP contribution in [0.3, 0.4) is 0 Å². The predicted octanol–water partition coefficient (Wildman–Crippen LogP) is 3.08. The molecule has 2 aromatic rings. The van der Waals surface area contributed by atoms with Crippen LogP contribution in [0.2, 0.25) is 0 Å². The number of carbonyl (C=O) groups is 1. The first-order valence-corrected chi connectivity index (χ1v) is 7.27. The van der Waals surface area contributed by atoms with Gasteiger partial charge >= 0.3 is 5.97 Å². The van der Waals surface area contributed by atoms with Gasteiger partial charge in [0, 0.05) is 17.1 Å². The highest BCUT2D eigenvalue weighted by Crippen LogP contribution is 2.20. The second-order valence-corrected chi connectivity index (χ2v) is 6.27. The molecule has 6 heteroatoms. The Bertz CT molecular complexity index is 609. The Labute approximate surface area is 122 Å². The lowest BCUT2D eigenvalue weighted by Gasteiger charge is -2.11. The number of esters is 1. The van der Waals surface area contributed by atoms with Crippen molar-refractivity contribution in [1.82, 2.24) is 9.55 Å². The van der Waals surface area contributed by atoms with Crippen molar-refractivity contribution < 1.29 is 9.53 Å². The average Bonchev–Trinajstić information content (AvgIpc) is 2.91. The molecule has 0 aliphatic heterocycles. The maximum atomic E-state index is 12.1. The van der Waals surface area contributed by atoms with E-state index in [-0.39, 0.29) is 18.6 Å². The fourth-order valence-corrected chi connectivity index (χ4v) is 2.74. The standard InChI is InChI=1S/C14H19N3O2S/c1-8(2)17-6-11(15)5-12(17)14(18)19-7-13-16-9(3)10(4)20-13/h5-6,8H,7,15H2,1-4H3. The molecule has 0 aromatic carbocycles. The third-order valence-corrected chi connectivity index (χ3v) is 4.08. The van der Waals surface area contributed by atoms with Crippen LogP contribution < -0.4 is 5.73 Å². The van der Waals surface area contributed by atoms with Crippen molar-refractivity contribution in [3.05, 3.63) is 33.5 Å². The van der Waals surface area contributed by atoms with Gasteiger partial charge in [0.25, 0.3) is 0 Å². The van der Waals surface area contributed by atoms with E-state index in [4.69, 9.17) is 10.5 Å². The SMILES string of the molecule is Cc1nc(COC(=O)c2cc(N)cn2C(C)C)sc1C. The molecule has 2 aromatic heterocycles. The summed E-state index contributed by atoms with van der Waals surface area (Å²) in [4.78, 5) is 17.6. The lowest BCUT2D eigenvalue weighted by molar-refractivity contribution is 0.0458. The molecule has 0 saturated carbocycles. The van der Waals surface area contributed by atoms with Gasteiger partial charge in [0.05, 0.1) is 11.4 Å². The van der Waals surface area contributed by atoms with Crippen LogP contribution in [-0.2, 0) is 11.3 Å². The Morgan fingerprint density at radius 2 is 2.20 bits per heavy atom. The van der Waals surface area contributed by atoms with Gasteiger partial charge in [0.1, 0.15) is 17.3 Å². The zero-order valence-electron chi connectivity index (χ0n) is 12.1. The first kappa shape index (κ1) is 14.6. The highest BCUT2D eigenvalue weighted by atomic mass is 32.1. The van der Waals surface area contributed by atoms with Gasteiger partial charge in [-0.2, -0.15) is 0 Å². The van der Waals surface area contributed by atoms with Gasteiger partial charge in [-0.25, -0.2) is 9.78 Å². The van der Waals surface area contributed by atoms with Crippen LogP contribution >= 0.6 is 11.3 Å². The lowest BCUT2D eigenvalue weighted by atomic mass is 10.3. The molecule has 108 valence electrons. The Morgan fingerprint density at radius 3 is 2.75 bits per heavy atom. The third-order valence-electron chi connectivity index (χ3n) is 3.03. The minimum atomic E-state index is -0.374. The molecule has 5 nitrogen and oxygen atoms in total. The monoisotopic (exact) mass is 293 g/mol. The third kappa shape index (κ3) is 3.01. The summed E-state index contributed by atoms with van der Waals surface area (Å²) in [6.45, 7) is 8.12. The van der Waals surface area contributed by atoms with E-state index in [0.29, 0.717) is 11.4 Å². The molecule has 2 N–H and O–H groups in total. The Hall–Kier alpha value is -1.82. The zero-order chi connectivity index (χ0) is 14.9. The van der Waals surface area contributed by atoms with Gasteiger partial charge in [0.2, 0.25) is 0 Å². The van der Waals surface area contributed by atoms with E-state index >= 15 is 0 Å². The molecule has 0 saturated heterocycles. The number of anilines is 1. The summed E-state index contributed by atoms with van der Waals surface area (Å²) >= 11 is 1.55. The van der Waals surface area contributed by atoms with Gasteiger partial charge in [-0.05, 0) is 33.8 Å². The summed E-state index contributed by atoms with van der Waals surface area (Å²) in [5.74, 6) is -0.374. The number of aromatic nitrogens is 2. The van der Waals surface area contributed by atoms with Gasteiger partial charge in [-0.3, -0.25) is 0 Å². The van der Waals surface area contributed by atoms with Crippen molar-refractivity contribution in [2.45, 2.75) is 40.3 Å². The number of thiazole rings is 1. The van der Waals surface area contributed by atoms with Crippen LogP contribution in [0.4, 0.5) is 5.69 Å².